The first-order chi connectivity index (χ1) is 14.7. The maximum Gasteiger partial charge on any atom is 0.333 e. The first-order valence-corrected chi connectivity index (χ1v) is 11.4. The van der Waals surface area contributed by atoms with Crippen LogP contribution < -0.4 is 0 Å². The minimum atomic E-state index is -1.85. The van der Waals surface area contributed by atoms with Gasteiger partial charge in [0.1, 0.15) is 11.7 Å². The maximum atomic E-state index is 13.1. The molecule has 180 valence electrons. The van der Waals surface area contributed by atoms with Gasteiger partial charge in [-0.25, -0.2) is 4.79 Å². The van der Waals surface area contributed by atoms with Crippen LogP contribution in [0.1, 0.15) is 67.7 Å². The Morgan fingerprint density at radius 1 is 1.31 bits per heavy atom. The number of alkyl halides is 1. The maximum absolute atomic E-state index is 13.1. The number of hydrogen-bond acceptors (Lipinski definition) is 6. The first kappa shape index (κ1) is 28.1. The molecule has 5 atom stereocenters. The van der Waals surface area contributed by atoms with E-state index in [2.05, 4.69) is 6.58 Å². The highest BCUT2D eigenvalue weighted by Crippen LogP contribution is 2.40. The van der Waals surface area contributed by atoms with Crippen LogP contribution in [0.15, 0.2) is 35.5 Å². The minimum absolute atomic E-state index is 0.0410. The fraction of sp³-hybridized carbons (Fsp3) is 0.640. The van der Waals surface area contributed by atoms with Crippen LogP contribution in [0.4, 0.5) is 0 Å². The average Bonchev–Trinajstić information content (AvgIpc) is 2.69. The second kappa shape index (κ2) is 11.8. The molecule has 0 heterocycles. The molecule has 0 aliphatic heterocycles. The van der Waals surface area contributed by atoms with Crippen molar-refractivity contribution in [1.29, 1.82) is 0 Å². The SMILES string of the molecule is C=C(C(CC=C(C)C)OC(=O)/C(C)=C\C)[C@@H]1C[C@@H](Cl)[C@](C)(O)C(=O)[C@H]1OC(=O)CC(C)C. The molecule has 1 unspecified atom stereocenters. The average molecular weight is 469 g/mol. The number of aliphatic hydroxyl groups is 1. The van der Waals surface area contributed by atoms with E-state index in [0.717, 1.165) is 5.57 Å². The van der Waals surface area contributed by atoms with Crippen LogP contribution in [-0.2, 0) is 23.9 Å². The zero-order valence-corrected chi connectivity index (χ0v) is 21.0. The van der Waals surface area contributed by atoms with E-state index in [9.17, 15) is 19.5 Å². The number of Topliss-reactive ketones (excluding diaryl/α,β-unsaturated/α-hetero) is 1. The molecule has 0 aromatic carbocycles. The van der Waals surface area contributed by atoms with Crippen LogP contribution in [0, 0.1) is 11.8 Å². The van der Waals surface area contributed by atoms with Crippen molar-refractivity contribution < 1.29 is 29.0 Å². The Bertz CT molecular complexity index is 788. The molecule has 32 heavy (non-hydrogen) atoms. The summed E-state index contributed by atoms with van der Waals surface area (Å²) in [6.45, 7) is 16.4. The van der Waals surface area contributed by atoms with Gasteiger partial charge in [-0.1, -0.05) is 38.2 Å². The van der Waals surface area contributed by atoms with Gasteiger partial charge >= 0.3 is 11.9 Å². The topological polar surface area (TPSA) is 89.9 Å². The van der Waals surface area contributed by atoms with Crippen molar-refractivity contribution in [3.63, 3.8) is 0 Å². The standard InChI is InChI=1S/C25H37ClO6/c1-9-16(6)24(29)31-19(11-10-14(2)3)17(7)18-13-20(26)25(8,30)23(28)22(18)32-21(27)12-15(4)5/h9-10,15,18-20,22,30H,7,11-13H2,1-6,8H3/b16-9-/t18-,19?,20+,22-,25-/m0/s1. The summed E-state index contributed by atoms with van der Waals surface area (Å²) in [6, 6.07) is 0. The summed E-state index contributed by atoms with van der Waals surface area (Å²) in [7, 11) is 0. The van der Waals surface area contributed by atoms with Gasteiger partial charge < -0.3 is 14.6 Å². The third-order valence-corrected chi connectivity index (χ3v) is 6.26. The first-order valence-electron chi connectivity index (χ1n) is 11.0. The van der Waals surface area contributed by atoms with Crippen LogP contribution in [0.2, 0.25) is 0 Å². The van der Waals surface area contributed by atoms with Gasteiger partial charge in [-0.05, 0) is 52.5 Å². The van der Waals surface area contributed by atoms with Gasteiger partial charge in [-0.2, -0.15) is 0 Å². The number of halogens is 1. The fourth-order valence-corrected chi connectivity index (χ4v) is 3.70. The van der Waals surface area contributed by atoms with Crippen molar-refractivity contribution in [3.05, 3.63) is 35.5 Å². The van der Waals surface area contributed by atoms with E-state index in [1.54, 1.807) is 19.9 Å². The zero-order chi connectivity index (χ0) is 24.8. The van der Waals surface area contributed by atoms with Gasteiger partial charge in [-0.15, -0.1) is 11.6 Å². The lowest BCUT2D eigenvalue weighted by atomic mass is 9.72. The van der Waals surface area contributed by atoms with Crippen molar-refractivity contribution in [2.75, 3.05) is 0 Å². The van der Waals surface area contributed by atoms with Crippen molar-refractivity contribution in [3.8, 4) is 0 Å². The van der Waals surface area contributed by atoms with Crippen LogP contribution >= 0.6 is 11.6 Å². The summed E-state index contributed by atoms with van der Waals surface area (Å²) >= 11 is 6.36. The third kappa shape index (κ3) is 7.31. The Morgan fingerprint density at radius 2 is 1.91 bits per heavy atom. The van der Waals surface area contributed by atoms with Crippen LogP contribution in [-0.4, -0.2) is 46.0 Å². The molecular formula is C25H37ClO6. The van der Waals surface area contributed by atoms with Crippen molar-refractivity contribution in [1.82, 2.24) is 0 Å². The molecule has 0 spiro atoms. The van der Waals surface area contributed by atoms with E-state index in [4.69, 9.17) is 21.1 Å². The van der Waals surface area contributed by atoms with Gasteiger partial charge in [0.05, 0.1) is 5.38 Å². The summed E-state index contributed by atoms with van der Waals surface area (Å²) in [5.74, 6) is -2.37. The number of esters is 2. The van der Waals surface area contributed by atoms with Gasteiger partial charge in [0.2, 0.25) is 5.78 Å². The number of carbonyl (C=O) groups is 3. The molecule has 0 radical (unpaired) electrons. The second-order valence-corrected chi connectivity index (χ2v) is 9.81. The lowest BCUT2D eigenvalue weighted by Crippen LogP contribution is -2.58. The van der Waals surface area contributed by atoms with Crippen LogP contribution in [0.5, 0.6) is 0 Å². The smallest absolute Gasteiger partial charge is 0.333 e. The van der Waals surface area contributed by atoms with E-state index in [1.165, 1.54) is 6.92 Å². The van der Waals surface area contributed by atoms with E-state index >= 15 is 0 Å². The molecule has 6 nitrogen and oxygen atoms in total. The Labute approximate surface area is 196 Å². The number of allylic oxidation sites excluding steroid dienone is 2. The van der Waals surface area contributed by atoms with Gasteiger partial charge in [-0.3, -0.25) is 9.59 Å². The Morgan fingerprint density at radius 3 is 2.41 bits per heavy atom. The van der Waals surface area contributed by atoms with Crippen molar-refractivity contribution in [2.24, 2.45) is 11.8 Å². The van der Waals surface area contributed by atoms with E-state index in [1.807, 2.05) is 33.8 Å². The summed E-state index contributed by atoms with van der Waals surface area (Å²) < 4.78 is 11.2. The highest BCUT2D eigenvalue weighted by atomic mass is 35.5. The highest BCUT2D eigenvalue weighted by Gasteiger charge is 2.53. The van der Waals surface area contributed by atoms with Crippen molar-refractivity contribution in [2.45, 2.75) is 90.9 Å². The zero-order valence-electron chi connectivity index (χ0n) is 20.2. The monoisotopic (exact) mass is 468 g/mol. The predicted octanol–water partition coefficient (Wildman–Crippen LogP) is 4.68. The van der Waals surface area contributed by atoms with Crippen LogP contribution in [0.25, 0.3) is 0 Å². The number of ether oxygens (including phenoxy) is 2. The fourth-order valence-electron chi connectivity index (χ4n) is 3.40. The number of ketones is 1. The quantitative estimate of drug-likeness (QED) is 0.228. The molecule has 1 N–H and O–H groups in total. The normalized spacial score (nSPS) is 27.0. The molecule has 7 heteroatoms. The molecule has 1 aliphatic carbocycles. The van der Waals surface area contributed by atoms with Gasteiger partial charge in [0.15, 0.2) is 6.10 Å². The Hall–Kier alpha value is -1.92. The Kier molecular flexibility index (Phi) is 10.4. The highest BCUT2D eigenvalue weighted by molar-refractivity contribution is 6.24. The van der Waals surface area contributed by atoms with Crippen molar-refractivity contribution >= 4 is 29.3 Å². The third-order valence-electron chi connectivity index (χ3n) is 5.66. The van der Waals surface area contributed by atoms with Crippen LogP contribution in [0.3, 0.4) is 0 Å². The molecule has 0 amide bonds. The summed E-state index contributed by atoms with van der Waals surface area (Å²) in [5.41, 5.74) is 0.0446. The number of hydrogen-bond donors (Lipinski definition) is 1. The molecule has 0 saturated heterocycles. The lowest BCUT2D eigenvalue weighted by Gasteiger charge is -2.42. The molecule has 1 saturated carbocycles. The molecule has 1 aliphatic rings. The largest absolute Gasteiger partial charge is 0.454 e. The number of carbonyl (C=O) groups excluding carboxylic acids is 3. The van der Waals surface area contributed by atoms with E-state index in [0.29, 0.717) is 17.6 Å². The Balaban J connectivity index is 3.31. The molecule has 1 rings (SSSR count). The van der Waals surface area contributed by atoms with E-state index < -0.39 is 46.8 Å². The summed E-state index contributed by atoms with van der Waals surface area (Å²) in [5, 5.41) is 9.73. The predicted molar refractivity (Wildman–Crippen MR) is 125 cm³/mol. The lowest BCUT2D eigenvalue weighted by molar-refractivity contribution is -0.170. The summed E-state index contributed by atoms with van der Waals surface area (Å²) in [4.78, 5) is 37.9. The molecular weight excluding hydrogens is 432 g/mol. The minimum Gasteiger partial charge on any atom is -0.454 e. The molecule has 0 bridgehead atoms. The van der Waals surface area contributed by atoms with Gasteiger partial charge in [0, 0.05) is 24.3 Å². The van der Waals surface area contributed by atoms with Gasteiger partial charge in [0.25, 0.3) is 0 Å². The van der Waals surface area contributed by atoms with E-state index in [-0.39, 0.29) is 18.8 Å². The number of rotatable bonds is 9. The molecule has 1 fully saturated rings. The molecule has 0 aromatic rings. The summed E-state index contributed by atoms with van der Waals surface area (Å²) in [6.07, 6.45) is 2.18. The molecule has 0 aromatic heterocycles. The second-order valence-electron chi connectivity index (χ2n) is 9.29.